The fraction of sp³-hybridized carbons (Fsp3) is 0.286. The Bertz CT molecular complexity index is 419. The van der Waals surface area contributed by atoms with Gasteiger partial charge in [0.25, 0.3) is 0 Å². The Morgan fingerprint density at radius 3 is 2.06 bits per heavy atom. The van der Waals surface area contributed by atoms with Gasteiger partial charge in [0, 0.05) is 0 Å². The van der Waals surface area contributed by atoms with E-state index in [1.807, 2.05) is 0 Å². The number of methoxy groups -OCH3 is 1. The highest BCUT2D eigenvalue weighted by molar-refractivity contribution is 5.69. The van der Waals surface area contributed by atoms with Crippen LogP contribution >= 0.6 is 0 Å². The second-order valence-electron chi connectivity index (χ2n) is 2.79. The van der Waals surface area contributed by atoms with E-state index in [1.165, 1.54) is 0 Å². The van der Waals surface area contributed by atoms with Gasteiger partial charge in [-0.1, -0.05) is 0 Å². The lowest BCUT2D eigenvalue weighted by Crippen LogP contribution is -2.09. The van der Waals surface area contributed by atoms with Crippen LogP contribution in [0.4, 0.5) is 11.4 Å². The first-order valence-corrected chi connectivity index (χ1v) is 4.01. The Labute approximate surface area is 88.5 Å². The molecular weight excluding hydrogens is 222 g/mol. The fourth-order valence-electron chi connectivity index (χ4n) is 1.07. The summed E-state index contributed by atoms with van der Waals surface area (Å²) in [5, 5.41) is 20.9. The van der Waals surface area contributed by atoms with E-state index in [2.05, 4.69) is 4.74 Å². The third kappa shape index (κ3) is 2.32. The molecule has 0 unspecified atom stereocenters. The predicted octanol–water partition coefficient (Wildman–Crippen LogP) is 0.477. The molecule has 0 bridgehead atoms. The molecule has 0 saturated carbocycles. The molecule has 0 fully saturated rings. The molecule has 0 aliphatic heterocycles. The Morgan fingerprint density at radius 2 is 1.75 bits per heavy atom. The number of carbonyl (C=O) groups excluding carboxylic acids is 1. The lowest BCUT2D eigenvalue weighted by atomic mass is 10.5. The van der Waals surface area contributed by atoms with Crippen molar-refractivity contribution in [2.24, 2.45) is 0 Å². The van der Waals surface area contributed by atoms with Gasteiger partial charge in [-0.25, -0.2) is 0 Å². The third-order valence-electron chi connectivity index (χ3n) is 1.77. The largest absolute Gasteiger partial charge is 0.468 e. The third-order valence-corrected chi connectivity index (χ3v) is 1.77. The fourth-order valence-corrected chi connectivity index (χ4v) is 1.07. The summed E-state index contributed by atoms with van der Waals surface area (Å²) in [5.41, 5.74) is -1.32. The minimum absolute atomic E-state index is 0.314. The first kappa shape index (κ1) is 11.6. The molecular formula is C7H7N3O6. The molecule has 16 heavy (non-hydrogen) atoms. The Balaban J connectivity index is 3.06. The van der Waals surface area contributed by atoms with E-state index in [9.17, 15) is 25.0 Å². The van der Waals surface area contributed by atoms with Crippen LogP contribution in [0.3, 0.4) is 0 Å². The maximum absolute atomic E-state index is 10.9. The Hall–Kier alpha value is -2.45. The second kappa shape index (κ2) is 4.38. The topological polar surface area (TPSA) is 118 Å². The van der Waals surface area contributed by atoms with Crippen LogP contribution in [-0.4, -0.2) is 27.5 Å². The van der Waals surface area contributed by atoms with E-state index in [4.69, 9.17) is 0 Å². The number of carbonyl (C=O) groups is 1. The van der Waals surface area contributed by atoms with Crippen molar-refractivity contribution < 1.29 is 19.4 Å². The van der Waals surface area contributed by atoms with Crippen molar-refractivity contribution in [3.8, 4) is 0 Å². The molecule has 1 aromatic heterocycles. The first-order valence-electron chi connectivity index (χ1n) is 4.01. The van der Waals surface area contributed by atoms with Crippen LogP contribution in [0.2, 0.25) is 0 Å². The van der Waals surface area contributed by atoms with E-state index in [0.29, 0.717) is 0 Å². The van der Waals surface area contributed by atoms with Gasteiger partial charge in [-0.15, -0.1) is 0 Å². The molecule has 0 spiro atoms. The summed E-state index contributed by atoms with van der Waals surface area (Å²) in [7, 11) is 1.15. The summed E-state index contributed by atoms with van der Waals surface area (Å²) in [6.45, 7) is -0.314. The number of rotatable bonds is 4. The van der Waals surface area contributed by atoms with Crippen LogP contribution in [-0.2, 0) is 16.1 Å². The average Bonchev–Trinajstić information content (AvgIpc) is 2.61. The van der Waals surface area contributed by atoms with E-state index in [-0.39, 0.29) is 6.54 Å². The van der Waals surface area contributed by atoms with E-state index >= 15 is 0 Å². The quantitative estimate of drug-likeness (QED) is 0.420. The van der Waals surface area contributed by atoms with Crippen molar-refractivity contribution in [3.63, 3.8) is 0 Å². The molecule has 0 atom stereocenters. The van der Waals surface area contributed by atoms with Crippen molar-refractivity contribution in [1.82, 2.24) is 4.57 Å². The predicted molar refractivity (Wildman–Crippen MR) is 49.8 cm³/mol. The molecule has 1 aromatic rings. The van der Waals surface area contributed by atoms with Gasteiger partial charge >= 0.3 is 17.3 Å². The molecule has 1 rings (SSSR count). The Morgan fingerprint density at radius 1 is 1.31 bits per heavy atom. The molecule has 0 saturated heterocycles. The number of nitro groups is 2. The van der Waals surface area contributed by atoms with Gasteiger partial charge in [0.1, 0.15) is 6.54 Å². The lowest BCUT2D eigenvalue weighted by Gasteiger charge is -1.97. The first-order chi connectivity index (χ1) is 7.45. The van der Waals surface area contributed by atoms with Crippen LogP contribution in [0.25, 0.3) is 0 Å². The van der Waals surface area contributed by atoms with Gasteiger partial charge in [0.15, 0.2) is 0 Å². The molecule has 86 valence electrons. The zero-order chi connectivity index (χ0) is 12.3. The van der Waals surface area contributed by atoms with Gasteiger partial charge < -0.3 is 9.30 Å². The maximum Gasteiger partial charge on any atom is 0.363 e. The highest BCUT2D eigenvalue weighted by Crippen LogP contribution is 2.27. The van der Waals surface area contributed by atoms with Gasteiger partial charge in [-0.2, -0.15) is 0 Å². The summed E-state index contributed by atoms with van der Waals surface area (Å²) in [6.07, 6.45) is 1.82. The summed E-state index contributed by atoms with van der Waals surface area (Å²) >= 11 is 0. The zero-order valence-electron chi connectivity index (χ0n) is 8.15. The van der Waals surface area contributed by atoms with Crippen LogP contribution in [0, 0.1) is 20.2 Å². The number of esters is 1. The van der Waals surface area contributed by atoms with Crippen LogP contribution in [0.5, 0.6) is 0 Å². The van der Waals surface area contributed by atoms with Gasteiger partial charge in [-0.3, -0.25) is 25.0 Å². The van der Waals surface area contributed by atoms with Crippen molar-refractivity contribution in [2.45, 2.75) is 6.54 Å². The van der Waals surface area contributed by atoms with Gasteiger partial charge in [0.05, 0.1) is 29.4 Å². The molecule has 0 aliphatic carbocycles. The summed E-state index contributed by atoms with van der Waals surface area (Å²) in [4.78, 5) is 30.0. The van der Waals surface area contributed by atoms with Crippen molar-refractivity contribution in [2.75, 3.05) is 7.11 Å². The molecule has 0 aromatic carbocycles. The standard InChI is InChI=1S/C7H7N3O6/c1-16-7(11)4-8-2-5(9(12)13)6(3-8)10(14)15/h2-3H,4H2,1H3. The highest BCUT2D eigenvalue weighted by Gasteiger charge is 2.27. The minimum Gasteiger partial charge on any atom is -0.468 e. The van der Waals surface area contributed by atoms with Crippen LogP contribution in [0.1, 0.15) is 0 Å². The monoisotopic (exact) mass is 229 g/mol. The van der Waals surface area contributed by atoms with Gasteiger partial charge in [-0.05, 0) is 0 Å². The molecule has 9 heteroatoms. The van der Waals surface area contributed by atoms with E-state index in [0.717, 1.165) is 24.1 Å². The molecule has 0 amide bonds. The van der Waals surface area contributed by atoms with Crippen LogP contribution in [0.15, 0.2) is 12.4 Å². The number of hydrogen-bond donors (Lipinski definition) is 0. The minimum atomic E-state index is -0.883. The van der Waals surface area contributed by atoms with Gasteiger partial charge in [0.2, 0.25) is 0 Å². The van der Waals surface area contributed by atoms with Crippen LogP contribution < -0.4 is 0 Å². The molecule has 0 radical (unpaired) electrons. The average molecular weight is 229 g/mol. The van der Waals surface area contributed by atoms with Crippen molar-refractivity contribution in [3.05, 3.63) is 32.6 Å². The van der Waals surface area contributed by atoms with E-state index < -0.39 is 27.2 Å². The lowest BCUT2D eigenvalue weighted by molar-refractivity contribution is -0.421. The molecule has 0 aliphatic rings. The summed E-state index contributed by atoms with van der Waals surface area (Å²) in [6, 6.07) is 0. The molecule has 1 heterocycles. The second-order valence-corrected chi connectivity index (χ2v) is 2.79. The summed E-state index contributed by atoms with van der Waals surface area (Å²) in [5.74, 6) is -0.653. The zero-order valence-corrected chi connectivity index (χ0v) is 8.15. The highest BCUT2D eigenvalue weighted by atomic mass is 16.6. The number of hydrogen-bond acceptors (Lipinski definition) is 6. The number of ether oxygens (including phenoxy) is 1. The number of aromatic nitrogens is 1. The molecule has 9 nitrogen and oxygen atoms in total. The normalized spacial score (nSPS) is 9.81. The maximum atomic E-state index is 10.9. The van der Waals surface area contributed by atoms with Crippen molar-refractivity contribution >= 4 is 17.3 Å². The Kier molecular flexibility index (Phi) is 3.18. The summed E-state index contributed by atoms with van der Waals surface area (Å²) < 4.78 is 5.35. The SMILES string of the molecule is COC(=O)Cn1cc([N+](=O)[O-])c([N+](=O)[O-])c1. The molecule has 0 N–H and O–H groups in total. The van der Waals surface area contributed by atoms with Crippen molar-refractivity contribution in [1.29, 1.82) is 0 Å². The number of nitrogens with zero attached hydrogens (tertiary/aromatic N) is 3. The smallest absolute Gasteiger partial charge is 0.363 e. The van der Waals surface area contributed by atoms with E-state index in [1.54, 1.807) is 0 Å².